The molecule has 1 N–H and O–H groups in total. The van der Waals surface area contributed by atoms with Gasteiger partial charge in [0.25, 0.3) is 0 Å². The van der Waals surface area contributed by atoms with Crippen LogP contribution >= 0.6 is 23.1 Å². The number of fused-ring (bicyclic) bond motifs is 1. The van der Waals surface area contributed by atoms with Crippen molar-refractivity contribution >= 4 is 44.2 Å². The molecule has 3 aromatic rings. The molecular formula is C18H16N2OS2. The second-order valence-corrected chi connectivity index (χ2v) is 6.93. The quantitative estimate of drug-likeness (QED) is 0.518. The van der Waals surface area contributed by atoms with E-state index in [2.05, 4.69) is 10.3 Å². The van der Waals surface area contributed by atoms with E-state index >= 15 is 0 Å². The Kier molecular flexibility index (Phi) is 4.79. The smallest absolute Gasteiger partial charge is 0.188 e. The lowest BCUT2D eigenvalue weighted by Crippen LogP contribution is -2.01. The first-order valence-corrected chi connectivity index (χ1v) is 9.19. The molecule has 0 fully saturated rings. The largest absolute Gasteiger partial charge is 0.326 e. The number of para-hydroxylation sites is 1. The van der Waals surface area contributed by atoms with E-state index in [1.54, 1.807) is 17.4 Å². The van der Waals surface area contributed by atoms with Gasteiger partial charge in [0.05, 0.1) is 15.2 Å². The van der Waals surface area contributed by atoms with Crippen LogP contribution in [0.15, 0.2) is 59.6 Å². The van der Waals surface area contributed by atoms with Gasteiger partial charge in [0.15, 0.2) is 10.9 Å². The van der Waals surface area contributed by atoms with Gasteiger partial charge >= 0.3 is 0 Å². The Morgan fingerprint density at radius 2 is 1.91 bits per heavy atom. The molecule has 0 radical (unpaired) electrons. The molecule has 3 nitrogen and oxygen atoms in total. The second kappa shape index (κ2) is 6.98. The minimum Gasteiger partial charge on any atom is -0.326 e. The molecule has 0 aliphatic carbocycles. The fourth-order valence-corrected chi connectivity index (χ4v) is 3.46. The molecular weight excluding hydrogens is 324 g/mol. The van der Waals surface area contributed by atoms with Crippen molar-refractivity contribution in [1.29, 1.82) is 0 Å². The number of benzene rings is 2. The van der Waals surface area contributed by atoms with Crippen molar-refractivity contribution in [3.05, 3.63) is 70.8 Å². The first-order chi connectivity index (χ1) is 11.2. The number of thiazole rings is 1. The highest BCUT2D eigenvalue weighted by Gasteiger charge is 2.08. The van der Waals surface area contributed by atoms with E-state index in [0.29, 0.717) is 5.56 Å². The third-order valence-electron chi connectivity index (χ3n) is 3.34. The van der Waals surface area contributed by atoms with Crippen LogP contribution in [0.3, 0.4) is 0 Å². The third-order valence-corrected chi connectivity index (χ3v) is 4.95. The molecule has 0 atom stereocenters. The molecule has 116 valence electrons. The van der Waals surface area contributed by atoms with Gasteiger partial charge in [-0.15, -0.1) is 11.8 Å². The van der Waals surface area contributed by atoms with Crippen molar-refractivity contribution in [2.45, 2.75) is 6.92 Å². The van der Waals surface area contributed by atoms with E-state index in [1.165, 1.54) is 11.8 Å². The third kappa shape index (κ3) is 3.81. The monoisotopic (exact) mass is 340 g/mol. The number of allylic oxidation sites excluding steroid dienone is 1. The predicted octanol–water partition coefficient (Wildman–Crippen LogP) is 5.10. The summed E-state index contributed by atoms with van der Waals surface area (Å²) in [5.41, 5.74) is 2.79. The molecule has 0 aliphatic rings. The van der Waals surface area contributed by atoms with Crippen molar-refractivity contribution in [2.75, 3.05) is 11.6 Å². The SMILES string of the molecule is CS/C(=C/C(=O)c1ccc(C)cc1)Nc1nc2ccccc2s1. The minimum absolute atomic E-state index is 0.0111. The van der Waals surface area contributed by atoms with Crippen LogP contribution in [0.4, 0.5) is 5.13 Å². The van der Waals surface area contributed by atoms with Gasteiger partial charge in [0, 0.05) is 11.6 Å². The van der Waals surface area contributed by atoms with Crippen LogP contribution in [0.2, 0.25) is 0 Å². The highest BCUT2D eigenvalue weighted by atomic mass is 32.2. The van der Waals surface area contributed by atoms with E-state index in [1.807, 2.05) is 61.7 Å². The van der Waals surface area contributed by atoms with Gasteiger partial charge in [-0.25, -0.2) is 4.98 Å². The van der Waals surface area contributed by atoms with Crippen molar-refractivity contribution in [2.24, 2.45) is 0 Å². The van der Waals surface area contributed by atoms with E-state index in [0.717, 1.165) is 25.9 Å². The Balaban J connectivity index is 1.81. The lowest BCUT2D eigenvalue weighted by molar-refractivity contribution is 0.104. The van der Waals surface area contributed by atoms with Crippen LogP contribution in [-0.2, 0) is 0 Å². The summed E-state index contributed by atoms with van der Waals surface area (Å²) in [5, 5.41) is 4.82. The Bertz CT molecular complexity index is 833. The van der Waals surface area contributed by atoms with E-state index < -0.39 is 0 Å². The fourth-order valence-electron chi connectivity index (χ4n) is 2.10. The molecule has 1 aromatic heterocycles. The van der Waals surface area contributed by atoms with Crippen molar-refractivity contribution in [3.8, 4) is 0 Å². The molecule has 0 aliphatic heterocycles. The number of carbonyl (C=O) groups is 1. The number of nitrogens with zero attached hydrogens (tertiary/aromatic N) is 1. The molecule has 0 amide bonds. The van der Waals surface area contributed by atoms with Gasteiger partial charge in [-0.2, -0.15) is 0 Å². The zero-order valence-electron chi connectivity index (χ0n) is 12.9. The molecule has 0 saturated carbocycles. The number of carbonyl (C=O) groups excluding carboxylic acids is 1. The number of anilines is 1. The van der Waals surface area contributed by atoms with Gasteiger partial charge in [-0.1, -0.05) is 53.3 Å². The molecule has 1 heterocycles. The van der Waals surface area contributed by atoms with Crippen LogP contribution in [0.25, 0.3) is 10.2 Å². The summed E-state index contributed by atoms with van der Waals surface area (Å²) < 4.78 is 1.13. The number of rotatable bonds is 5. The maximum absolute atomic E-state index is 12.3. The molecule has 0 bridgehead atoms. The van der Waals surface area contributed by atoms with Gasteiger partial charge in [0.2, 0.25) is 0 Å². The van der Waals surface area contributed by atoms with E-state index in [4.69, 9.17) is 0 Å². The number of aryl methyl sites for hydroxylation is 1. The summed E-state index contributed by atoms with van der Waals surface area (Å²) in [6.07, 6.45) is 3.57. The number of ketones is 1. The number of aromatic nitrogens is 1. The molecule has 0 spiro atoms. The van der Waals surface area contributed by atoms with Gasteiger partial charge in [-0.3, -0.25) is 4.79 Å². The molecule has 0 saturated heterocycles. The van der Waals surface area contributed by atoms with Crippen molar-refractivity contribution in [3.63, 3.8) is 0 Å². The lowest BCUT2D eigenvalue weighted by atomic mass is 10.1. The van der Waals surface area contributed by atoms with Crippen LogP contribution in [-0.4, -0.2) is 17.0 Å². The number of hydrogen-bond donors (Lipinski definition) is 1. The maximum Gasteiger partial charge on any atom is 0.188 e. The number of thioether (sulfide) groups is 1. The topological polar surface area (TPSA) is 42.0 Å². The lowest BCUT2D eigenvalue weighted by Gasteiger charge is -2.05. The predicted molar refractivity (Wildman–Crippen MR) is 100 cm³/mol. The average molecular weight is 340 g/mol. The van der Waals surface area contributed by atoms with Gasteiger partial charge < -0.3 is 5.32 Å². The molecule has 3 rings (SSSR count). The minimum atomic E-state index is -0.0111. The van der Waals surface area contributed by atoms with Crippen molar-refractivity contribution in [1.82, 2.24) is 4.98 Å². The number of hydrogen-bond acceptors (Lipinski definition) is 5. The molecule has 0 unspecified atom stereocenters. The maximum atomic E-state index is 12.3. The van der Waals surface area contributed by atoms with E-state index in [-0.39, 0.29) is 5.78 Å². The average Bonchev–Trinajstić information content (AvgIpc) is 2.97. The van der Waals surface area contributed by atoms with Crippen LogP contribution < -0.4 is 5.32 Å². The van der Waals surface area contributed by atoms with Crippen LogP contribution in [0.1, 0.15) is 15.9 Å². The van der Waals surface area contributed by atoms with Crippen LogP contribution in [0.5, 0.6) is 0 Å². The first-order valence-electron chi connectivity index (χ1n) is 7.15. The standard InChI is InChI=1S/C18H16N2OS2/c1-12-7-9-13(10-8-12)15(21)11-17(22-2)20-18-19-14-5-3-4-6-16(14)23-18/h3-11H,1-2H3,(H,19,20)/b17-11+. The summed E-state index contributed by atoms with van der Waals surface area (Å²) in [5.74, 6) is -0.0111. The Morgan fingerprint density at radius 3 is 2.61 bits per heavy atom. The summed E-state index contributed by atoms with van der Waals surface area (Å²) in [6, 6.07) is 15.6. The number of nitrogens with one attached hydrogen (secondary N) is 1. The molecule has 23 heavy (non-hydrogen) atoms. The zero-order chi connectivity index (χ0) is 16.2. The fraction of sp³-hybridized carbons (Fsp3) is 0.111. The molecule has 2 aromatic carbocycles. The van der Waals surface area contributed by atoms with E-state index in [9.17, 15) is 4.79 Å². The highest BCUT2D eigenvalue weighted by Crippen LogP contribution is 2.28. The Labute approximate surface area is 143 Å². The van der Waals surface area contributed by atoms with Crippen LogP contribution in [0, 0.1) is 6.92 Å². The van der Waals surface area contributed by atoms with Gasteiger partial charge in [0.1, 0.15) is 0 Å². The summed E-state index contributed by atoms with van der Waals surface area (Å²) in [7, 11) is 0. The summed E-state index contributed by atoms with van der Waals surface area (Å²) >= 11 is 3.07. The Morgan fingerprint density at radius 1 is 1.17 bits per heavy atom. The zero-order valence-corrected chi connectivity index (χ0v) is 14.5. The first kappa shape index (κ1) is 15.8. The van der Waals surface area contributed by atoms with Gasteiger partial charge in [-0.05, 0) is 25.3 Å². The second-order valence-electron chi connectivity index (χ2n) is 5.05. The van der Waals surface area contributed by atoms with Crippen molar-refractivity contribution < 1.29 is 4.79 Å². The highest BCUT2D eigenvalue weighted by molar-refractivity contribution is 8.02. The Hall–Kier alpha value is -2.11. The summed E-state index contributed by atoms with van der Waals surface area (Å²) in [4.78, 5) is 16.9. The summed E-state index contributed by atoms with van der Waals surface area (Å²) in [6.45, 7) is 2.01. The molecule has 5 heteroatoms. The normalized spacial score (nSPS) is 11.7.